The van der Waals surface area contributed by atoms with E-state index in [0.29, 0.717) is 18.9 Å². The summed E-state index contributed by atoms with van der Waals surface area (Å²) in [5.74, 6) is 0.597. The molecule has 1 aliphatic carbocycles. The molecule has 1 unspecified atom stereocenters. The summed E-state index contributed by atoms with van der Waals surface area (Å²) in [5.41, 5.74) is 0.829. The van der Waals surface area contributed by atoms with Gasteiger partial charge in [0, 0.05) is 31.2 Å². The number of carbonyl (C=O) groups excluding carboxylic acids is 2. The Hall–Kier alpha value is -2.14. The van der Waals surface area contributed by atoms with Crippen molar-refractivity contribution in [2.75, 3.05) is 25.0 Å². The van der Waals surface area contributed by atoms with Crippen LogP contribution in [0.5, 0.6) is 0 Å². The van der Waals surface area contributed by atoms with Crippen molar-refractivity contribution in [2.45, 2.75) is 38.1 Å². The lowest BCUT2D eigenvalue weighted by molar-refractivity contribution is -0.123. The second-order valence-corrected chi connectivity index (χ2v) is 7.00. The normalized spacial score (nSPS) is 21.2. The van der Waals surface area contributed by atoms with Crippen LogP contribution in [0.1, 0.15) is 32.1 Å². The summed E-state index contributed by atoms with van der Waals surface area (Å²) in [6.45, 7) is 2.09. The fourth-order valence-corrected chi connectivity index (χ4v) is 3.55. The predicted octanol–water partition coefficient (Wildman–Crippen LogP) is 2.56. The number of allylic oxidation sites excluding steroid dienone is 2. The maximum absolute atomic E-state index is 12.1. The third-order valence-electron chi connectivity index (χ3n) is 4.94. The van der Waals surface area contributed by atoms with E-state index >= 15 is 0 Å². The minimum atomic E-state index is 0.0155. The SMILES string of the molecule is O=C(CN1CCC(NC(=O)CC2C=CCC2)CC1)Nc1ccccc1. The van der Waals surface area contributed by atoms with E-state index in [9.17, 15) is 9.59 Å². The third kappa shape index (κ3) is 5.71. The number of rotatable bonds is 6. The first-order valence-corrected chi connectivity index (χ1v) is 9.22. The van der Waals surface area contributed by atoms with Gasteiger partial charge in [-0.15, -0.1) is 0 Å². The summed E-state index contributed by atoms with van der Waals surface area (Å²) in [7, 11) is 0. The number of piperidine rings is 1. The highest BCUT2D eigenvalue weighted by atomic mass is 16.2. The molecule has 1 atom stereocenters. The maximum atomic E-state index is 12.1. The summed E-state index contributed by atoms with van der Waals surface area (Å²) in [6.07, 6.45) is 8.94. The first-order valence-electron chi connectivity index (χ1n) is 9.22. The molecule has 1 fully saturated rings. The molecule has 0 spiro atoms. The van der Waals surface area contributed by atoms with Gasteiger partial charge in [-0.2, -0.15) is 0 Å². The molecule has 0 saturated carbocycles. The zero-order valence-corrected chi connectivity index (χ0v) is 14.6. The maximum Gasteiger partial charge on any atom is 0.238 e. The van der Waals surface area contributed by atoms with Gasteiger partial charge in [0.1, 0.15) is 0 Å². The van der Waals surface area contributed by atoms with Crippen LogP contribution in [-0.2, 0) is 9.59 Å². The lowest BCUT2D eigenvalue weighted by atomic mass is 10.0. The molecular formula is C20H27N3O2. The Bertz CT molecular complexity index is 607. The monoisotopic (exact) mass is 341 g/mol. The molecule has 0 bridgehead atoms. The summed E-state index contributed by atoms with van der Waals surface area (Å²) in [6, 6.07) is 9.76. The zero-order chi connectivity index (χ0) is 17.5. The molecule has 5 nitrogen and oxygen atoms in total. The summed E-state index contributed by atoms with van der Waals surface area (Å²) in [5, 5.41) is 6.08. The number of para-hydroxylation sites is 1. The molecular weight excluding hydrogens is 314 g/mol. The van der Waals surface area contributed by atoms with E-state index in [-0.39, 0.29) is 17.9 Å². The Morgan fingerprint density at radius 3 is 2.48 bits per heavy atom. The molecule has 1 heterocycles. The van der Waals surface area contributed by atoms with Crippen LogP contribution in [0.15, 0.2) is 42.5 Å². The van der Waals surface area contributed by atoms with Gasteiger partial charge in [0.2, 0.25) is 11.8 Å². The van der Waals surface area contributed by atoms with Crippen LogP contribution in [0.3, 0.4) is 0 Å². The van der Waals surface area contributed by atoms with Gasteiger partial charge in [-0.3, -0.25) is 14.5 Å². The highest BCUT2D eigenvalue weighted by Gasteiger charge is 2.23. The quantitative estimate of drug-likeness (QED) is 0.782. The van der Waals surface area contributed by atoms with Crippen LogP contribution in [0.4, 0.5) is 5.69 Å². The van der Waals surface area contributed by atoms with Crippen LogP contribution < -0.4 is 10.6 Å². The molecule has 1 aromatic rings. The number of anilines is 1. The average Bonchev–Trinajstić information content (AvgIpc) is 3.10. The van der Waals surface area contributed by atoms with Crippen LogP contribution in [0, 0.1) is 5.92 Å². The molecule has 1 saturated heterocycles. The zero-order valence-electron chi connectivity index (χ0n) is 14.6. The van der Waals surface area contributed by atoms with E-state index in [1.807, 2.05) is 30.3 Å². The van der Waals surface area contributed by atoms with Crippen molar-refractivity contribution >= 4 is 17.5 Å². The summed E-state index contributed by atoms with van der Waals surface area (Å²) < 4.78 is 0. The van der Waals surface area contributed by atoms with Gasteiger partial charge in [0.05, 0.1) is 6.54 Å². The topological polar surface area (TPSA) is 61.4 Å². The van der Waals surface area contributed by atoms with E-state index in [0.717, 1.165) is 44.5 Å². The summed E-state index contributed by atoms with van der Waals surface area (Å²) >= 11 is 0. The Morgan fingerprint density at radius 2 is 1.80 bits per heavy atom. The van der Waals surface area contributed by atoms with E-state index in [1.165, 1.54) is 0 Å². The highest BCUT2D eigenvalue weighted by molar-refractivity contribution is 5.92. The Balaban J connectivity index is 1.34. The van der Waals surface area contributed by atoms with Crippen molar-refractivity contribution in [3.63, 3.8) is 0 Å². The molecule has 2 amide bonds. The second-order valence-electron chi connectivity index (χ2n) is 7.00. The lowest BCUT2D eigenvalue weighted by Crippen LogP contribution is -2.46. The van der Waals surface area contributed by atoms with E-state index in [1.54, 1.807) is 0 Å². The van der Waals surface area contributed by atoms with Crippen LogP contribution in [0.2, 0.25) is 0 Å². The van der Waals surface area contributed by atoms with Gasteiger partial charge < -0.3 is 10.6 Å². The summed E-state index contributed by atoms with van der Waals surface area (Å²) in [4.78, 5) is 26.4. The van der Waals surface area contributed by atoms with Crippen molar-refractivity contribution < 1.29 is 9.59 Å². The Labute approximate surface area is 149 Å². The minimum absolute atomic E-state index is 0.0155. The fourth-order valence-electron chi connectivity index (χ4n) is 3.55. The number of carbonyl (C=O) groups is 2. The van der Waals surface area contributed by atoms with Gasteiger partial charge in [0.15, 0.2) is 0 Å². The number of nitrogens with one attached hydrogen (secondary N) is 2. The average molecular weight is 341 g/mol. The van der Waals surface area contributed by atoms with Crippen molar-refractivity contribution in [3.05, 3.63) is 42.5 Å². The molecule has 0 aromatic heterocycles. The minimum Gasteiger partial charge on any atom is -0.353 e. The van der Waals surface area contributed by atoms with Crippen LogP contribution in [0.25, 0.3) is 0 Å². The van der Waals surface area contributed by atoms with E-state index in [4.69, 9.17) is 0 Å². The van der Waals surface area contributed by atoms with Gasteiger partial charge in [-0.05, 0) is 43.7 Å². The molecule has 5 heteroatoms. The number of hydrogen-bond donors (Lipinski definition) is 2. The number of nitrogens with zero attached hydrogens (tertiary/aromatic N) is 1. The molecule has 2 aliphatic rings. The smallest absolute Gasteiger partial charge is 0.238 e. The lowest BCUT2D eigenvalue weighted by Gasteiger charge is -2.32. The Morgan fingerprint density at radius 1 is 1.04 bits per heavy atom. The van der Waals surface area contributed by atoms with Crippen molar-refractivity contribution in [2.24, 2.45) is 5.92 Å². The molecule has 134 valence electrons. The van der Waals surface area contributed by atoms with Gasteiger partial charge >= 0.3 is 0 Å². The fraction of sp³-hybridized carbons (Fsp3) is 0.500. The molecule has 25 heavy (non-hydrogen) atoms. The number of amides is 2. The number of likely N-dealkylation sites (tertiary alicyclic amines) is 1. The number of benzene rings is 1. The standard InChI is InChI=1S/C20H27N3O2/c24-19(14-16-6-4-5-7-16)21-18-10-12-23(13-11-18)15-20(25)22-17-8-2-1-3-9-17/h1-4,6,8-9,16,18H,5,7,10-15H2,(H,21,24)(H,22,25). The first kappa shape index (κ1) is 17.7. The van der Waals surface area contributed by atoms with Crippen molar-refractivity contribution in [1.29, 1.82) is 0 Å². The van der Waals surface area contributed by atoms with Crippen LogP contribution >= 0.6 is 0 Å². The molecule has 1 aromatic carbocycles. The van der Waals surface area contributed by atoms with Crippen molar-refractivity contribution in [3.8, 4) is 0 Å². The predicted molar refractivity (Wildman–Crippen MR) is 99.2 cm³/mol. The highest BCUT2D eigenvalue weighted by Crippen LogP contribution is 2.20. The van der Waals surface area contributed by atoms with E-state index < -0.39 is 0 Å². The van der Waals surface area contributed by atoms with E-state index in [2.05, 4.69) is 27.7 Å². The molecule has 3 rings (SSSR count). The molecule has 0 radical (unpaired) electrons. The second kappa shape index (κ2) is 8.81. The first-order chi connectivity index (χ1) is 12.2. The molecule has 2 N–H and O–H groups in total. The Kier molecular flexibility index (Phi) is 6.23. The van der Waals surface area contributed by atoms with Gasteiger partial charge in [0.25, 0.3) is 0 Å². The third-order valence-corrected chi connectivity index (χ3v) is 4.94. The number of hydrogen-bond acceptors (Lipinski definition) is 3. The van der Waals surface area contributed by atoms with Crippen LogP contribution in [-0.4, -0.2) is 42.4 Å². The largest absolute Gasteiger partial charge is 0.353 e. The van der Waals surface area contributed by atoms with Gasteiger partial charge in [-0.1, -0.05) is 30.4 Å². The van der Waals surface area contributed by atoms with Crippen molar-refractivity contribution in [1.82, 2.24) is 10.2 Å². The molecule has 1 aliphatic heterocycles. The van der Waals surface area contributed by atoms with Gasteiger partial charge in [-0.25, -0.2) is 0 Å².